The number of aryl methyl sites for hydroxylation is 2. The summed E-state index contributed by atoms with van der Waals surface area (Å²) in [5.41, 5.74) is -2.07. The van der Waals surface area contributed by atoms with Crippen LogP contribution >= 0.6 is 0 Å². The Hall–Kier alpha value is -6.88. The number of nitrogens with one attached hydrogen (secondary N) is 2. The van der Waals surface area contributed by atoms with E-state index in [0.29, 0.717) is 33.0 Å². The van der Waals surface area contributed by atoms with Crippen molar-refractivity contribution in [1.29, 1.82) is 0 Å². The number of amides is 2. The van der Waals surface area contributed by atoms with Crippen LogP contribution in [-0.4, -0.2) is 121 Å². The van der Waals surface area contributed by atoms with Crippen molar-refractivity contribution >= 4 is 45.1 Å². The van der Waals surface area contributed by atoms with E-state index in [9.17, 15) is 39.6 Å². The molecular formula is C52H56N2O18. The molecule has 8 rings (SSSR count). The van der Waals surface area contributed by atoms with Crippen LogP contribution in [-0.2, 0) is 18.9 Å². The lowest BCUT2D eigenvalue weighted by Crippen LogP contribution is -2.63. The first-order chi connectivity index (χ1) is 34.1. The van der Waals surface area contributed by atoms with Gasteiger partial charge < -0.3 is 77.8 Å². The van der Waals surface area contributed by atoms with E-state index in [1.54, 1.807) is 77.9 Å². The van der Waals surface area contributed by atoms with E-state index < -0.39 is 83.5 Å². The molecule has 0 saturated carbocycles. The Balaban J connectivity index is 1.01. The molecule has 0 aliphatic carbocycles. The van der Waals surface area contributed by atoms with Crippen molar-refractivity contribution in [3.8, 4) is 34.1 Å². The van der Waals surface area contributed by atoms with Crippen LogP contribution in [0, 0.1) is 13.8 Å². The van der Waals surface area contributed by atoms with Gasteiger partial charge in [-0.15, -0.1) is 0 Å². The molecule has 2 amide bonds. The number of benzene rings is 4. The van der Waals surface area contributed by atoms with Gasteiger partial charge in [-0.2, -0.15) is 0 Å². The largest absolute Gasteiger partial charge is 0.497 e. The fraction of sp³-hybridized carbons (Fsp3) is 0.385. The monoisotopic (exact) mass is 996 g/mol. The summed E-state index contributed by atoms with van der Waals surface area (Å²) in [6, 6.07) is 18.5. The molecule has 2 saturated heterocycles. The van der Waals surface area contributed by atoms with Crippen molar-refractivity contribution in [1.82, 2.24) is 0 Å². The summed E-state index contributed by atoms with van der Waals surface area (Å²) >= 11 is 0. The number of anilines is 2. The molecule has 20 nitrogen and oxygen atoms in total. The highest BCUT2D eigenvalue weighted by molar-refractivity contribution is 6.07. The first-order valence-electron chi connectivity index (χ1n) is 22.7. The van der Waals surface area contributed by atoms with Crippen LogP contribution in [0.4, 0.5) is 11.4 Å². The van der Waals surface area contributed by atoms with Crippen molar-refractivity contribution in [2.75, 3.05) is 39.1 Å². The molecule has 4 heterocycles. The zero-order chi connectivity index (χ0) is 52.1. The lowest BCUT2D eigenvalue weighted by Gasteiger charge is -2.46. The zero-order valence-electron chi connectivity index (χ0n) is 41.1. The molecule has 4 aromatic carbocycles. The van der Waals surface area contributed by atoms with Crippen molar-refractivity contribution < 1.29 is 76.7 Å². The lowest BCUT2D eigenvalue weighted by atomic mass is 9.89. The second-order valence-electron chi connectivity index (χ2n) is 18.6. The maximum absolute atomic E-state index is 13.9. The first-order valence-corrected chi connectivity index (χ1v) is 22.7. The Morgan fingerprint density at radius 3 is 1.26 bits per heavy atom. The van der Waals surface area contributed by atoms with Crippen LogP contribution in [0.5, 0.6) is 23.0 Å². The van der Waals surface area contributed by atoms with Gasteiger partial charge in [0, 0.05) is 47.2 Å². The molecule has 382 valence electrons. The van der Waals surface area contributed by atoms with E-state index in [1.807, 2.05) is 0 Å². The fourth-order valence-corrected chi connectivity index (χ4v) is 9.12. The fourth-order valence-electron chi connectivity index (χ4n) is 9.12. The average Bonchev–Trinajstić information content (AvgIpc) is 3.34. The average molecular weight is 997 g/mol. The molecular weight excluding hydrogens is 941 g/mol. The van der Waals surface area contributed by atoms with Gasteiger partial charge >= 0.3 is 11.3 Å². The maximum Gasteiger partial charge on any atom is 0.360 e. The topological polar surface area (TPSA) is 273 Å². The molecule has 2 aliphatic rings. The first kappa shape index (κ1) is 51.5. The minimum absolute atomic E-state index is 0.0747. The van der Waals surface area contributed by atoms with Crippen LogP contribution < -0.4 is 40.8 Å². The van der Waals surface area contributed by atoms with Gasteiger partial charge in [-0.25, -0.2) is 9.59 Å². The summed E-state index contributed by atoms with van der Waals surface area (Å²) in [5.74, 6) is -0.432. The van der Waals surface area contributed by atoms with Gasteiger partial charge in [-0.3, -0.25) is 9.59 Å². The van der Waals surface area contributed by atoms with Crippen LogP contribution in [0.15, 0.2) is 91.2 Å². The zero-order valence-corrected chi connectivity index (χ0v) is 41.1. The standard InChI is InChI=1S/C52H56N2O18/c1-23-35(67-49-39(57)37(55)43(65-9)51(3,4)71-49)13-11-25-21-33(47(61)69-41(23)25)53-45(59)29-15-27(17-31(19-29)63-7)28-16-30(20-32(18-28)64-8)46(60)54-34-22-26-12-14-36(24(2)42(26)70-48(34)62)68-50-40(58)38(56)44(66-10)52(5,6)72-50/h11-22,37-40,43-44,49-50,55-58H,1-10H3,(H,53,59)(H,54,60)/t37-,38-,39+,40+,43+,44+,49+,50+/m0/s1. The van der Waals surface area contributed by atoms with E-state index in [4.69, 9.17) is 46.7 Å². The summed E-state index contributed by atoms with van der Waals surface area (Å²) in [6.07, 6.45) is -9.76. The van der Waals surface area contributed by atoms with Gasteiger partial charge in [-0.05, 0) is 125 Å². The van der Waals surface area contributed by atoms with Crippen molar-refractivity contribution in [3.63, 3.8) is 0 Å². The molecule has 0 radical (unpaired) electrons. The Morgan fingerprint density at radius 1 is 0.542 bits per heavy atom. The number of methoxy groups -OCH3 is 4. The third kappa shape index (κ3) is 9.87. The molecule has 2 aromatic heterocycles. The van der Waals surface area contributed by atoms with Gasteiger partial charge in [0.1, 0.15) is 82.2 Å². The SMILES string of the molecule is COc1cc(C(=O)Nc2cc3ccc(O[C@@H]4OC(C)(C)[C@H](OC)[C@@H](O)[C@H]4O)c(C)c3oc2=O)cc(-c2cc(OC)cc(C(=O)Nc3cc4ccc(O[C@@H]5OC(C)(C)[C@H](OC)[C@@H](O)[C@H]5O)c(C)c4oc3=O)c2)c1. The van der Waals surface area contributed by atoms with E-state index >= 15 is 0 Å². The molecule has 20 heteroatoms. The number of rotatable bonds is 13. The molecule has 6 aromatic rings. The molecule has 0 bridgehead atoms. The Bertz CT molecular complexity index is 2970. The molecule has 0 spiro atoms. The van der Waals surface area contributed by atoms with E-state index in [2.05, 4.69) is 10.6 Å². The van der Waals surface area contributed by atoms with Gasteiger partial charge in [0.05, 0.1) is 25.4 Å². The highest BCUT2D eigenvalue weighted by Gasteiger charge is 2.52. The summed E-state index contributed by atoms with van der Waals surface area (Å²) < 4.78 is 57.0. The van der Waals surface area contributed by atoms with E-state index in [0.717, 1.165) is 0 Å². The molecule has 0 unspecified atom stereocenters. The maximum atomic E-state index is 13.9. The van der Waals surface area contributed by atoms with Crippen molar-refractivity contribution in [2.45, 2.75) is 102 Å². The van der Waals surface area contributed by atoms with Crippen LogP contribution in [0.1, 0.15) is 59.5 Å². The summed E-state index contributed by atoms with van der Waals surface area (Å²) in [5, 5.41) is 49.1. The van der Waals surface area contributed by atoms with Gasteiger partial charge in [0.2, 0.25) is 12.6 Å². The van der Waals surface area contributed by atoms with Gasteiger partial charge in [0.25, 0.3) is 11.8 Å². The second kappa shape index (κ2) is 20.0. The molecule has 2 fully saturated rings. The van der Waals surface area contributed by atoms with E-state index in [1.165, 1.54) is 64.8 Å². The van der Waals surface area contributed by atoms with Crippen LogP contribution in [0.2, 0.25) is 0 Å². The number of aliphatic hydroxyl groups is 4. The Kier molecular flexibility index (Phi) is 14.3. The number of aliphatic hydroxyl groups excluding tert-OH is 4. The Labute approximate surface area is 411 Å². The highest BCUT2D eigenvalue weighted by atomic mass is 16.7. The summed E-state index contributed by atoms with van der Waals surface area (Å²) in [7, 11) is 5.62. The minimum atomic E-state index is -1.46. The molecule has 72 heavy (non-hydrogen) atoms. The molecule has 2 aliphatic heterocycles. The third-order valence-electron chi connectivity index (χ3n) is 12.9. The Morgan fingerprint density at radius 2 is 0.917 bits per heavy atom. The third-order valence-corrected chi connectivity index (χ3v) is 12.9. The number of hydrogen-bond donors (Lipinski definition) is 6. The second-order valence-corrected chi connectivity index (χ2v) is 18.6. The highest BCUT2D eigenvalue weighted by Crippen LogP contribution is 2.38. The number of fused-ring (bicyclic) bond motifs is 2. The smallest absolute Gasteiger partial charge is 0.360 e. The normalized spacial score (nSPS) is 23.6. The molecule has 6 N–H and O–H groups in total. The number of carbonyl (C=O) groups excluding carboxylic acids is 2. The van der Waals surface area contributed by atoms with Crippen LogP contribution in [0.25, 0.3) is 33.1 Å². The van der Waals surface area contributed by atoms with Crippen LogP contribution in [0.3, 0.4) is 0 Å². The number of carbonyl (C=O) groups is 2. The summed E-state index contributed by atoms with van der Waals surface area (Å²) in [4.78, 5) is 54.5. The van der Waals surface area contributed by atoms with Crippen molar-refractivity contribution in [2.24, 2.45) is 0 Å². The van der Waals surface area contributed by atoms with Gasteiger partial charge in [-0.1, -0.05) is 0 Å². The number of ether oxygens (including phenoxy) is 8. The lowest BCUT2D eigenvalue weighted by molar-refractivity contribution is -0.306. The predicted octanol–water partition coefficient (Wildman–Crippen LogP) is 5.21. The quantitative estimate of drug-likeness (QED) is 0.0811. The van der Waals surface area contributed by atoms with E-state index in [-0.39, 0.29) is 56.7 Å². The summed E-state index contributed by atoms with van der Waals surface area (Å²) in [6.45, 7) is 10.1. The van der Waals surface area contributed by atoms with Crippen molar-refractivity contribution in [3.05, 3.63) is 116 Å². The predicted molar refractivity (Wildman–Crippen MR) is 260 cm³/mol. The van der Waals surface area contributed by atoms with Gasteiger partial charge in [0.15, 0.2) is 0 Å². The number of hydrogen-bond acceptors (Lipinski definition) is 18. The minimum Gasteiger partial charge on any atom is -0.497 e. The molecule has 8 atom stereocenters.